The summed E-state index contributed by atoms with van der Waals surface area (Å²) in [5, 5.41) is 4.39. The molecule has 1 aromatic carbocycles. The predicted octanol–water partition coefficient (Wildman–Crippen LogP) is 3.03. The third kappa shape index (κ3) is 4.31. The van der Waals surface area contributed by atoms with Crippen LogP contribution in [-0.2, 0) is 16.4 Å². The summed E-state index contributed by atoms with van der Waals surface area (Å²) >= 11 is 1.13. The second-order valence-electron chi connectivity index (χ2n) is 6.21. The molecule has 8 heteroatoms. The SMILES string of the molecule is O=C(NCCc1ccc(F)cc1)c1sccc1S(=O)(=O)N1CCCCC1. The van der Waals surface area contributed by atoms with Crippen LogP contribution in [0.25, 0.3) is 0 Å². The van der Waals surface area contributed by atoms with Crippen molar-refractivity contribution in [2.45, 2.75) is 30.6 Å². The first-order valence-corrected chi connectivity index (χ1v) is 10.9. The summed E-state index contributed by atoms with van der Waals surface area (Å²) < 4.78 is 40.0. The van der Waals surface area contributed by atoms with Gasteiger partial charge in [0.1, 0.15) is 15.6 Å². The molecular weight excluding hydrogens is 375 g/mol. The van der Waals surface area contributed by atoms with Crippen LogP contribution < -0.4 is 5.32 Å². The number of hydrogen-bond donors (Lipinski definition) is 1. The largest absolute Gasteiger partial charge is 0.351 e. The Bertz CT molecular complexity index is 857. The molecule has 0 unspecified atom stereocenters. The van der Waals surface area contributed by atoms with Crippen LogP contribution in [0.3, 0.4) is 0 Å². The lowest BCUT2D eigenvalue weighted by atomic mass is 10.1. The number of hydrogen-bond acceptors (Lipinski definition) is 4. The van der Waals surface area contributed by atoms with Crippen molar-refractivity contribution in [1.82, 2.24) is 9.62 Å². The van der Waals surface area contributed by atoms with Gasteiger partial charge in [-0.25, -0.2) is 12.8 Å². The van der Waals surface area contributed by atoms with Crippen LogP contribution in [0.4, 0.5) is 4.39 Å². The van der Waals surface area contributed by atoms with Crippen LogP contribution in [0.5, 0.6) is 0 Å². The monoisotopic (exact) mass is 396 g/mol. The van der Waals surface area contributed by atoms with E-state index in [0.717, 1.165) is 36.2 Å². The Morgan fingerprint density at radius 2 is 1.81 bits per heavy atom. The first-order valence-electron chi connectivity index (χ1n) is 8.59. The zero-order chi connectivity index (χ0) is 18.6. The number of amides is 1. The number of carbonyl (C=O) groups excluding carboxylic acids is 1. The second kappa shape index (κ2) is 8.28. The number of sulfonamides is 1. The summed E-state index contributed by atoms with van der Waals surface area (Å²) in [5.74, 6) is -0.693. The maximum atomic E-state index is 12.9. The lowest BCUT2D eigenvalue weighted by Crippen LogP contribution is -2.36. The molecule has 1 aromatic heterocycles. The zero-order valence-corrected chi connectivity index (χ0v) is 15.9. The van der Waals surface area contributed by atoms with Crippen molar-refractivity contribution < 1.29 is 17.6 Å². The Morgan fingerprint density at radius 1 is 1.12 bits per heavy atom. The van der Waals surface area contributed by atoms with E-state index in [1.54, 1.807) is 17.5 Å². The van der Waals surface area contributed by atoms with Gasteiger partial charge in [-0.3, -0.25) is 4.79 Å². The fraction of sp³-hybridized carbons (Fsp3) is 0.389. The van der Waals surface area contributed by atoms with E-state index in [0.29, 0.717) is 26.1 Å². The van der Waals surface area contributed by atoms with Gasteiger partial charge in [-0.2, -0.15) is 4.31 Å². The van der Waals surface area contributed by atoms with E-state index in [1.165, 1.54) is 22.5 Å². The molecule has 1 fully saturated rings. The van der Waals surface area contributed by atoms with Gasteiger partial charge in [0.15, 0.2) is 0 Å². The van der Waals surface area contributed by atoms with Gasteiger partial charge in [0.25, 0.3) is 5.91 Å². The summed E-state index contributed by atoms with van der Waals surface area (Å²) in [5.41, 5.74) is 0.902. The van der Waals surface area contributed by atoms with Crippen molar-refractivity contribution in [2.75, 3.05) is 19.6 Å². The van der Waals surface area contributed by atoms with Crippen molar-refractivity contribution >= 4 is 27.3 Å². The minimum absolute atomic E-state index is 0.0867. The summed E-state index contributed by atoms with van der Waals surface area (Å²) in [6, 6.07) is 7.58. The minimum Gasteiger partial charge on any atom is -0.351 e. The topological polar surface area (TPSA) is 66.5 Å². The van der Waals surface area contributed by atoms with Crippen molar-refractivity contribution in [1.29, 1.82) is 0 Å². The standard InChI is InChI=1S/C18H21FN2O3S2/c19-15-6-4-14(5-7-15)8-10-20-18(22)17-16(9-13-25-17)26(23,24)21-11-2-1-3-12-21/h4-7,9,13H,1-3,8,10-12H2,(H,20,22). The van der Waals surface area contributed by atoms with E-state index in [2.05, 4.69) is 5.32 Å². The molecule has 0 spiro atoms. The highest BCUT2D eigenvalue weighted by Crippen LogP contribution is 2.27. The Kier molecular flexibility index (Phi) is 6.05. The van der Waals surface area contributed by atoms with Crippen molar-refractivity contribution in [3.63, 3.8) is 0 Å². The third-order valence-corrected chi connectivity index (χ3v) is 7.36. The Morgan fingerprint density at radius 3 is 2.50 bits per heavy atom. The molecule has 0 atom stereocenters. The van der Waals surface area contributed by atoms with E-state index in [-0.39, 0.29) is 15.6 Å². The number of nitrogens with zero attached hydrogens (tertiary/aromatic N) is 1. The van der Waals surface area contributed by atoms with E-state index >= 15 is 0 Å². The highest BCUT2D eigenvalue weighted by molar-refractivity contribution is 7.89. The fourth-order valence-electron chi connectivity index (χ4n) is 2.96. The number of piperidine rings is 1. The third-order valence-electron chi connectivity index (χ3n) is 4.38. The average molecular weight is 397 g/mol. The summed E-state index contributed by atoms with van der Waals surface area (Å²) in [4.78, 5) is 12.8. The Hall–Kier alpha value is -1.77. The minimum atomic E-state index is -3.64. The van der Waals surface area contributed by atoms with Crippen molar-refractivity contribution in [2.24, 2.45) is 0 Å². The van der Waals surface area contributed by atoms with E-state index in [9.17, 15) is 17.6 Å². The fourth-order valence-corrected chi connectivity index (χ4v) is 5.80. The molecule has 0 aliphatic carbocycles. The lowest BCUT2D eigenvalue weighted by Gasteiger charge is -2.25. The molecule has 140 valence electrons. The molecule has 1 N–H and O–H groups in total. The molecule has 5 nitrogen and oxygen atoms in total. The van der Waals surface area contributed by atoms with Gasteiger partial charge in [-0.05, 0) is 48.4 Å². The first kappa shape index (κ1) is 19.0. The number of nitrogens with one attached hydrogen (secondary N) is 1. The number of benzene rings is 1. The average Bonchev–Trinajstić information content (AvgIpc) is 3.15. The molecule has 1 aliphatic rings. The molecule has 1 aliphatic heterocycles. The normalized spacial score (nSPS) is 15.7. The van der Waals surface area contributed by atoms with E-state index in [1.807, 2.05) is 0 Å². The predicted molar refractivity (Wildman–Crippen MR) is 99.4 cm³/mol. The van der Waals surface area contributed by atoms with Crippen LogP contribution in [0.15, 0.2) is 40.6 Å². The van der Waals surface area contributed by atoms with Crippen molar-refractivity contribution in [3.05, 3.63) is 52.0 Å². The smallest absolute Gasteiger partial charge is 0.262 e. The molecule has 0 radical (unpaired) electrons. The van der Waals surface area contributed by atoms with Gasteiger partial charge in [0.05, 0.1) is 0 Å². The van der Waals surface area contributed by atoms with Gasteiger partial charge in [-0.1, -0.05) is 18.6 Å². The van der Waals surface area contributed by atoms with Gasteiger partial charge in [-0.15, -0.1) is 11.3 Å². The molecule has 3 rings (SSSR count). The second-order valence-corrected chi connectivity index (χ2v) is 9.03. The highest BCUT2D eigenvalue weighted by Gasteiger charge is 2.30. The number of carbonyl (C=O) groups is 1. The van der Waals surface area contributed by atoms with Crippen LogP contribution in [-0.4, -0.2) is 38.3 Å². The molecule has 0 bridgehead atoms. The van der Waals surface area contributed by atoms with Crippen LogP contribution in [0, 0.1) is 5.82 Å². The summed E-state index contributed by atoms with van der Waals surface area (Å²) in [6.07, 6.45) is 3.28. The molecule has 1 saturated heterocycles. The van der Waals surface area contributed by atoms with Crippen LogP contribution >= 0.6 is 11.3 Å². The first-order chi connectivity index (χ1) is 12.5. The van der Waals surface area contributed by atoms with Gasteiger partial charge >= 0.3 is 0 Å². The Balaban J connectivity index is 1.65. The molecule has 2 heterocycles. The zero-order valence-electron chi connectivity index (χ0n) is 14.3. The van der Waals surface area contributed by atoms with Gasteiger partial charge < -0.3 is 5.32 Å². The summed E-state index contributed by atoms with van der Waals surface area (Å²) in [7, 11) is -3.64. The molecule has 0 saturated carbocycles. The van der Waals surface area contributed by atoms with Crippen molar-refractivity contribution in [3.8, 4) is 0 Å². The van der Waals surface area contributed by atoms with Crippen LogP contribution in [0.2, 0.25) is 0 Å². The quantitative estimate of drug-likeness (QED) is 0.816. The van der Waals surface area contributed by atoms with E-state index < -0.39 is 15.9 Å². The molecular formula is C18H21FN2O3S2. The van der Waals surface area contributed by atoms with Gasteiger partial charge in [0.2, 0.25) is 10.0 Å². The Labute approximate surface area is 156 Å². The number of halogens is 1. The number of rotatable bonds is 6. The molecule has 1 amide bonds. The molecule has 26 heavy (non-hydrogen) atoms. The molecule has 2 aromatic rings. The lowest BCUT2D eigenvalue weighted by molar-refractivity contribution is 0.0955. The van der Waals surface area contributed by atoms with Crippen LogP contribution in [0.1, 0.15) is 34.5 Å². The maximum absolute atomic E-state index is 12.9. The van der Waals surface area contributed by atoms with Gasteiger partial charge in [0, 0.05) is 19.6 Å². The summed E-state index contributed by atoms with van der Waals surface area (Å²) in [6.45, 7) is 1.36. The van der Waals surface area contributed by atoms with E-state index in [4.69, 9.17) is 0 Å². The number of thiophene rings is 1. The maximum Gasteiger partial charge on any atom is 0.262 e. The highest BCUT2D eigenvalue weighted by atomic mass is 32.2.